The molecule has 2 aliphatic rings. The van der Waals surface area contributed by atoms with Crippen molar-refractivity contribution < 1.29 is 4.74 Å². The molecule has 5 heteroatoms. The monoisotopic (exact) mass is 407 g/mol. The third kappa shape index (κ3) is 4.37. The van der Waals surface area contributed by atoms with Gasteiger partial charge >= 0.3 is 0 Å². The van der Waals surface area contributed by atoms with E-state index in [9.17, 15) is 0 Å². The second-order valence-corrected chi connectivity index (χ2v) is 8.49. The third-order valence-electron chi connectivity index (χ3n) is 6.00. The van der Waals surface area contributed by atoms with Crippen molar-refractivity contribution in [1.29, 1.82) is 0 Å². The van der Waals surface area contributed by atoms with Crippen LogP contribution in [0.5, 0.6) is 0 Å². The Morgan fingerprint density at radius 3 is 2.44 bits per heavy atom. The number of nitrogens with zero attached hydrogens (tertiary/aromatic N) is 1. The SMILES string of the molecule is CN=C(NCC1(CCOC)CCC1)NCC1(c2ccccc2Br)CC1. The quantitative estimate of drug-likeness (QED) is 0.507. The van der Waals surface area contributed by atoms with Gasteiger partial charge in [-0.1, -0.05) is 40.5 Å². The Kier molecular flexibility index (Phi) is 6.05. The highest BCUT2D eigenvalue weighted by Crippen LogP contribution is 2.50. The minimum absolute atomic E-state index is 0.252. The molecule has 2 N–H and O–H groups in total. The molecule has 25 heavy (non-hydrogen) atoms. The summed E-state index contributed by atoms with van der Waals surface area (Å²) in [5.41, 5.74) is 2.06. The van der Waals surface area contributed by atoms with Crippen LogP contribution in [-0.2, 0) is 10.2 Å². The first-order chi connectivity index (χ1) is 12.1. The fourth-order valence-corrected chi connectivity index (χ4v) is 4.54. The van der Waals surface area contributed by atoms with Gasteiger partial charge in [-0.05, 0) is 49.1 Å². The second kappa shape index (κ2) is 8.09. The maximum Gasteiger partial charge on any atom is 0.191 e. The summed E-state index contributed by atoms with van der Waals surface area (Å²) in [4.78, 5) is 4.43. The molecule has 2 saturated carbocycles. The summed E-state index contributed by atoms with van der Waals surface area (Å²) in [6.45, 7) is 2.76. The van der Waals surface area contributed by atoms with E-state index >= 15 is 0 Å². The van der Waals surface area contributed by atoms with Gasteiger partial charge in [-0.2, -0.15) is 0 Å². The minimum Gasteiger partial charge on any atom is -0.385 e. The Bertz CT molecular complexity index is 609. The van der Waals surface area contributed by atoms with Crippen molar-refractivity contribution in [3.8, 4) is 0 Å². The largest absolute Gasteiger partial charge is 0.385 e. The van der Waals surface area contributed by atoms with Crippen molar-refractivity contribution >= 4 is 21.9 Å². The molecule has 0 saturated heterocycles. The molecule has 1 aromatic rings. The van der Waals surface area contributed by atoms with Crippen molar-refractivity contribution in [2.75, 3.05) is 33.9 Å². The number of rotatable bonds is 8. The molecule has 0 radical (unpaired) electrons. The van der Waals surface area contributed by atoms with Crippen LogP contribution >= 0.6 is 15.9 Å². The van der Waals surface area contributed by atoms with E-state index in [-0.39, 0.29) is 5.41 Å². The summed E-state index contributed by atoms with van der Waals surface area (Å²) in [7, 11) is 3.65. The summed E-state index contributed by atoms with van der Waals surface area (Å²) in [6.07, 6.45) is 7.52. The zero-order valence-corrected chi connectivity index (χ0v) is 17.0. The standard InChI is InChI=1S/C20H30BrN3O/c1-22-18(23-14-19(8-5-9-19)12-13-25-2)24-15-20(10-11-20)16-6-3-4-7-17(16)21/h3-4,6-7H,5,8-15H2,1-2H3,(H2,22,23,24). The summed E-state index contributed by atoms with van der Waals surface area (Å²) in [5, 5.41) is 7.12. The van der Waals surface area contributed by atoms with Gasteiger partial charge in [-0.15, -0.1) is 0 Å². The average molecular weight is 408 g/mol. The lowest BCUT2D eigenvalue weighted by molar-refractivity contribution is 0.0732. The highest BCUT2D eigenvalue weighted by Gasteiger charge is 2.45. The van der Waals surface area contributed by atoms with Crippen molar-refractivity contribution in [2.24, 2.45) is 10.4 Å². The molecular formula is C20H30BrN3O. The number of hydrogen-bond acceptors (Lipinski definition) is 2. The number of benzene rings is 1. The molecule has 2 aliphatic carbocycles. The molecule has 0 atom stereocenters. The van der Waals surface area contributed by atoms with Gasteiger partial charge in [0.1, 0.15) is 0 Å². The highest BCUT2D eigenvalue weighted by atomic mass is 79.9. The second-order valence-electron chi connectivity index (χ2n) is 7.64. The highest BCUT2D eigenvalue weighted by molar-refractivity contribution is 9.10. The van der Waals surface area contributed by atoms with E-state index in [2.05, 4.69) is 55.8 Å². The summed E-state index contributed by atoms with van der Waals surface area (Å²) >= 11 is 3.71. The van der Waals surface area contributed by atoms with Crippen LogP contribution in [0.1, 0.15) is 44.1 Å². The van der Waals surface area contributed by atoms with Crippen LogP contribution in [0.4, 0.5) is 0 Å². The fraction of sp³-hybridized carbons (Fsp3) is 0.650. The van der Waals surface area contributed by atoms with E-state index in [4.69, 9.17) is 4.74 Å². The molecule has 0 heterocycles. The average Bonchev–Trinajstić information content (AvgIpc) is 3.37. The number of ether oxygens (including phenoxy) is 1. The normalized spacial score (nSPS) is 20.7. The van der Waals surface area contributed by atoms with Crippen LogP contribution in [0.15, 0.2) is 33.7 Å². The minimum atomic E-state index is 0.252. The topological polar surface area (TPSA) is 45.7 Å². The molecular weight excluding hydrogens is 378 g/mol. The van der Waals surface area contributed by atoms with Crippen LogP contribution in [-0.4, -0.2) is 39.8 Å². The molecule has 0 amide bonds. The molecule has 0 unspecified atom stereocenters. The molecule has 0 aromatic heterocycles. The van der Waals surface area contributed by atoms with Crippen LogP contribution in [0.3, 0.4) is 0 Å². The number of nitrogens with one attached hydrogen (secondary N) is 2. The van der Waals surface area contributed by atoms with Gasteiger partial charge in [0.2, 0.25) is 0 Å². The molecule has 138 valence electrons. The van der Waals surface area contributed by atoms with E-state index in [1.807, 2.05) is 7.05 Å². The van der Waals surface area contributed by atoms with Crippen molar-refractivity contribution in [3.05, 3.63) is 34.3 Å². The summed E-state index contributed by atoms with van der Waals surface area (Å²) in [5.74, 6) is 0.919. The van der Waals surface area contributed by atoms with Gasteiger partial charge in [0, 0.05) is 43.7 Å². The Balaban J connectivity index is 1.52. The first kappa shape index (κ1) is 18.7. The predicted octanol–water partition coefficient (Wildman–Crippen LogP) is 3.85. The lowest BCUT2D eigenvalue weighted by Crippen LogP contribution is -2.48. The molecule has 0 spiro atoms. The first-order valence-electron chi connectivity index (χ1n) is 9.32. The molecule has 0 aliphatic heterocycles. The van der Waals surface area contributed by atoms with Crippen molar-refractivity contribution in [3.63, 3.8) is 0 Å². The van der Waals surface area contributed by atoms with E-state index in [1.165, 1.54) is 42.1 Å². The van der Waals surface area contributed by atoms with E-state index < -0.39 is 0 Å². The van der Waals surface area contributed by atoms with Gasteiger partial charge in [0.25, 0.3) is 0 Å². The zero-order chi connectivity index (χ0) is 17.8. The number of aliphatic imine (C=N–C) groups is 1. The number of guanidine groups is 1. The van der Waals surface area contributed by atoms with Gasteiger partial charge < -0.3 is 15.4 Å². The molecule has 4 nitrogen and oxygen atoms in total. The van der Waals surface area contributed by atoms with Gasteiger partial charge in [0.15, 0.2) is 5.96 Å². The molecule has 0 bridgehead atoms. The van der Waals surface area contributed by atoms with Gasteiger partial charge in [-0.3, -0.25) is 4.99 Å². The predicted molar refractivity (Wildman–Crippen MR) is 107 cm³/mol. The van der Waals surface area contributed by atoms with E-state index in [1.54, 1.807) is 7.11 Å². The number of halogens is 1. The molecule has 3 rings (SSSR count). The van der Waals surface area contributed by atoms with E-state index in [0.717, 1.165) is 32.1 Å². The van der Waals surface area contributed by atoms with Crippen LogP contribution < -0.4 is 10.6 Å². The lowest BCUT2D eigenvalue weighted by Gasteiger charge is -2.42. The Morgan fingerprint density at radius 1 is 1.16 bits per heavy atom. The smallest absolute Gasteiger partial charge is 0.191 e. The van der Waals surface area contributed by atoms with E-state index in [0.29, 0.717) is 5.41 Å². The van der Waals surface area contributed by atoms with Gasteiger partial charge in [0.05, 0.1) is 0 Å². The van der Waals surface area contributed by atoms with Gasteiger partial charge in [-0.25, -0.2) is 0 Å². The maximum absolute atomic E-state index is 5.29. The Morgan fingerprint density at radius 2 is 1.88 bits per heavy atom. The van der Waals surface area contributed by atoms with Crippen molar-refractivity contribution in [1.82, 2.24) is 10.6 Å². The maximum atomic E-state index is 5.29. The lowest BCUT2D eigenvalue weighted by atomic mass is 9.67. The Labute approximate surface area is 160 Å². The first-order valence-corrected chi connectivity index (χ1v) is 10.1. The summed E-state index contributed by atoms with van der Waals surface area (Å²) < 4.78 is 6.50. The van der Waals surface area contributed by atoms with Crippen LogP contribution in [0.2, 0.25) is 0 Å². The third-order valence-corrected chi connectivity index (χ3v) is 6.69. The molecule has 1 aromatic carbocycles. The van der Waals surface area contributed by atoms with Crippen LogP contribution in [0.25, 0.3) is 0 Å². The zero-order valence-electron chi connectivity index (χ0n) is 15.4. The Hall–Kier alpha value is -1.07. The van der Waals surface area contributed by atoms with Crippen LogP contribution in [0, 0.1) is 5.41 Å². The molecule has 2 fully saturated rings. The summed E-state index contributed by atoms with van der Waals surface area (Å²) in [6, 6.07) is 8.58. The number of hydrogen-bond donors (Lipinski definition) is 2. The van der Waals surface area contributed by atoms with Crippen molar-refractivity contribution in [2.45, 2.75) is 43.9 Å². The fourth-order valence-electron chi connectivity index (χ4n) is 3.84. The number of methoxy groups -OCH3 is 1.